The lowest BCUT2D eigenvalue weighted by Gasteiger charge is -2.17. The summed E-state index contributed by atoms with van der Waals surface area (Å²) >= 11 is 0. The second kappa shape index (κ2) is 2.82. The van der Waals surface area contributed by atoms with Gasteiger partial charge in [0, 0.05) is 0 Å². The van der Waals surface area contributed by atoms with Gasteiger partial charge in [-0.1, -0.05) is 5.92 Å². The average Bonchev–Trinajstić information content (AvgIpc) is 2.29. The molecule has 0 amide bonds. The smallest absolute Gasteiger partial charge is 0.163 e. The molecule has 1 aliphatic heterocycles. The van der Waals surface area contributed by atoms with Crippen LogP contribution in [0.5, 0.6) is 0 Å². The second-order valence-corrected chi connectivity index (χ2v) is 2.98. The summed E-state index contributed by atoms with van der Waals surface area (Å²) in [7, 11) is 0. The van der Waals surface area contributed by atoms with Crippen molar-refractivity contribution >= 4 is 0 Å². The van der Waals surface area contributed by atoms with E-state index in [1.165, 1.54) is 0 Å². The first-order chi connectivity index (χ1) is 5.05. The van der Waals surface area contributed by atoms with E-state index in [1.54, 1.807) is 13.8 Å². The number of aliphatic hydroxyl groups excluding tert-OH is 1. The Morgan fingerprint density at radius 2 is 2.36 bits per heavy atom. The molecule has 0 aromatic rings. The summed E-state index contributed by atoms with van der Waals surface area (Å²) in [5.41, 5.74) is 0. The molecule has 1 saturated heterocycles. The summed E-state index contributed by atoms with van der Waals surface area (Å²) in [4.78, 5) is 0. The fraction of sp³-hybridized carbons (Fsp3) is 0.750. The first-order valence-electron chi connectivity index (χ1n) is 3.51. The first-order valence-corrected chi connectivity index (χ1v) is 3.51. The van der Waals surface area contributed by atoms with Crippen molar-refractivity contribution in [3.05, 3.63) is 0 Å². The molecule has 1 heterocycles. The monoisotopic (exact) mass is 156 g/mol. The predicted octanol–water partition coefficient (Wildman–Crippen LogP) is 0.132. The maximum absolute atomic E-state index is 9.15. The van der Waals surface area contributed by atoms with Crippen LogP contribution < -0.4 is 0 Å². The maximum Gasteiger partial charge on any atom is 0.163 e. The molecular formula is C8H12O3. The molecule has 0 saturated carbocycles. The fourth-order valence-corrected chi connectivity index (χ4v) is 0.978. The summed E-state index contributed by atoms with van der Waals surface area (Å²) in [6.45, 7) is 3.94. The van der Waals surface area contributed by atoms with Crippen molar-refractivity contribution in [1.82, 2.24) is 0 Å². The zero-order chi connectivity index (χ0) is 8.48. The molecule has 0 aromatic carbocycles. The highest BCUT2D eigenvalue weighted by molar-refractivity contribution is 4.99. The van der Waals surface area contributed by atoms with E-state index < -0.39 is 11.9 Å². The van der Waals surface area contributed by atoms with Crippen molar-refractivity contribution in [2.24, 2.45) is 0 Å². The van der Waals surface area contributed by atoms with Gasteiger partial charge in [-0.3, -0.25) is 0 Å². The Hall–Kier alpha value is -0.560. The lowest BCUT2D eigenvalue weighted by molar-refractivity contribution is -0.146. The number of hydrogen-bond acceptors (Lipinski definition) is 3. The lowest BCUT2D eigenvalue weighted by Crippen LogP contribution is -2.29. The minimum Gasteiger partial charge on any atom is -0.378 e. The van der Waals surface area contributed by atoms with Gasteiger partial charge in [-0.25, -0.2) is 0 Å². The predicted molar refractivity (Wildman–Crippen MR) is 39.7 cm³/mol. The standard InChI is InChI=1S/C8H12O3/c1-4-6(9)7-5-10-8(2,3)11-7/h1,6-7,9H,5H2,2-3H3/t6-,7+/m0/s1. The van der Waals surface area contributed by atoms with E-state index in [0.29, 0.717) is 6.61 Å². The molecule has 0 unspecified atom stereocenters. The SMILES string of the molecule is C#C[C@H](O)[C@H]1COC(C)(C)O1. The van der Waals surface area contributed by atoms with Gasteiger partial charge < -0.3 is 14.6 Å². The summed E-state index contributed by atoms with van der Waals surface area (Å²) in [5.74, 6) is 1.59. The first kappa shape index (κ1) is 8.54. The maximum atomic E-state index is 9.15. The summed E-state index contributed by atoms with van der Waals surface area (Å²) in [5, 5.41) is 9.15. The highest BCUT2D eigenvalue weighted by Gasteiger charge is 2.35. The van der Waals surface area contributed by atoms with Crippen LogP contribution in [0.15, 0.2) is 0 Å². The number of hydrogen-bond donors (Lipinski definition) is 1. The molecule has 0 aromatic heterocycles. The van der Waals surface area contributed by atoms with Gasteiger partial charge in [-0.2, -0.15) is 0 Å². The normalized spacial score (nSPS) is 31.3. The largest absolute Gasteiger partial charge is 0.378 e. The second-order valence-electron chi connectivity index (χ2n) is 2.98. The molecule has 11 heavy (non-hydrogen) atoms. The number of terminal acetylenes is 1. The number of aliphatic hydroxyl groups is 1. The Bertz CT molecular complexity index is 180. The summed E-state index contributed by atoms with van der Waals surface area (Å²) < 4.78 is 10.5. The Morgan fingerprint density at radius 1 is 1.73 bits per heavy atom. The molecule has 0 bridgehead atoms. The highest BCUT2D eigenvalue weighted by atomic mass is 16.7. The van der Waals surface area contributed by atoms with Crippen LogP contribution in [0.25, 0.3) is 0 Å². The molecule has 1 rings (SSSR count). The third kappa shape index (κ3) is 1.93. The van der Waals surface area contributed by atoms with Crippen LogP contribution in [0.2, 0.25) is 0 Å². The van der Waals surface area contributed by atoms with Gasteiger partial charge >= 0.3 is 0 Å². The molecule has 3 nitrogen and oxygen atoms in total. The van der Waals surface area contributed by atoms with Gasteiger partial charge in [0.1, 0.15) is 12.2 Å². The minimum atomic E-state index is -0.864. The van der Waals surface area contributed by atoms with Crippen LogP contribution in [0.3, 0.4) is 0 Å². The summed E-state index contributed by atoms with van der Waals surface area (Å²) in [6, 6.07) is 0. The third-order valence-corrected chi connectivity index (χ3v) is 1.55. The van der Waals surface area contributed by atoms with Crippen molar-refractivity contribution in [3.63, 3.8) is 0 Å². The Morgan fingerprint density at radius 3 is 2.73 bits per heavy atom. The zero-order valence-electron chi connectivity index (χ0n) is 6.70. The average molecular weight is 156 g/mol. The van der Waals surface area contributed by atoms with Gasteiger partial charge in [0.2, 0.25) is 0 Å². The summed E-state index contributed by atoms with van der Waals surface area (Å²) in [6.07, 6.45) is 3.76. The third-order valence-electron chi connectivity index (χ3n) is 1.55. The van der Waals surface area contributed by atoms with Crippen molar-refractivity contribution < 1.29 is 14.6 Å². The minimum absolute atomic E-state index is 0.359. The van der Waals surface area contributed by atoms with Crippen LogP contribution >= 0.6 is 0 Å². The number of rotatable bonds is 1. The van der Waals surface area contributed by atoms with E-state index in [0.717, 1.165) is 0 Å². The van der Waals surface area contributed by atoms with Gasteiger partial charge in [0.05, 0.1) is 6.61 Å². The molecule has 1 N–H and O–H groups in total. The van der Waals surface area contributed by atoms with Crippen LogP contribution in [-0.4, -0.2) is 29.7 Å². The lowest BCUT2D eigenvalue weighted by atomic mass is 10.2. The van der Waals surface area contributed by atoms with Crippen molar-refractivity contribution in [2.75, 3.05) is 6.61 Å². The quantitative estimate of drug-likeness (QED) is 0.548. The van der Waals surface area contributed by atoms with Crippen LogP contribution in [-0.2, 0) is 9.47 Å². The molecule has 62 valence electrons. The molecule has 1 aliphatic rings. The highest BCUT2D eigenvalue weighted by Crippen LogP contribution is 2.23. The topological polar surface area (TPSA) is 38.7 Å². The Balaban J connectivity index is 2.50. The molecule has 3 heteroatoms. The van der Waals surface area contributed by atoms with Crippen LogP contribution in [0.1, 0.15) is 13.8 Å². The van der Waals surface area contributed by atoms with E-state index in [-0.39, 0.29) is 6.10 Å². The van der Waals surface area contributed by atoms with Crippen LogP contribution in [0, 0.1) is 12.3 Å². The van der Waals surface area contributed by atoms with Crippen molar-refractivity contribution in [1.29, 1.82) is 0 Å². The van der Waals surface area contributed by atoms with Crippen molar-refractivity contribution in [2.45, 2.75) is 31.8 Å². The molecule has 2 atom stereocenters. The molecule has 0 spiro atoms. The molecule has 0 radical (unpaired) electrons. The van der Waals surface area contributed by atoms with Gasteiger partial charge in [0.15, 0.2) is 5.79 Å². The zero-order valence-corrected chi connectivity index (χ0v) is 6.70. The van der Waals surface area contributed by atoms with Crippen LogP contribution in [0.4, 0.5) is 0 Å². The van der Waals surface area contributed by atoms with Crippen molar-refractivity contribution in [3.8, 4) is 12.3 Å². The Labute approximate surface area is 66.3 Å². The van der Waals surface area contributed by atoms with E-state index in [1.807, 2.05) is 0 Å². The van der Waals surface area contributed by atoms with E-state index >= 15 is 0 Å². The number of ether oxygens (including phenoxy) is 2. The van der Waals surface area contributed by atoms with Gasteiger partial charge in [-0.05, 0) is 13.8 Å². The fourth-order valence-electron chi connectivity index (χ4n) is 0.978. The molecule has 1 fully saturated rings. The molecular weight excluding hydrogens is 144 g/mol. The molecule has 0 aliphatic carbocycles. The van der Waals surface area contributed by atoms with Gasteiger partial charge in [0.25, 0.3) is 0 Å². The van der Waals surface area contributed by atoms with E-state index in [9.17, 15) is 0 Å². The Kier molecular flexibility index (Phi) is 2.19. The van der Waals surface area contributed by atoms with E-state index in [4.69, 9.17) is 21.0 Å². The van der Waals surface area contributed by atoms with E-state index in [2.05, 4.69) is 5.92 Å². The van der Waals surface area contributed by atoms with Gasteiger partial charge in [-0.15, -0.1) is 6.42 Å².